The van der Waals surface area contributed by atoms with Crippen molar-refractivity contribution in [1.29, 1.82) is 0 Å². The summed E-state index contributed by atoms with van der Waals surface area (Å²) in [6, 6.07) is 10.9. The van der Waals surface area contributed by atoms with E-state index in [1.807, 2.05) is 0 Å². The summed E-state index contributed by atoms with van der Waals surface area (Å²) < 4.78 is 0.757. The van der Waals surface area contributed by atoms with Crippen molar-refractivity contribution in [3.63, 3.8) is 0 Å². The van der Waals surface area contributed by atoms with Gasteiger partial charge < -0.3 is 15.7 Å². The van der Waals surface area contributed by atoms with Crippen LogP contribution in [0.2, 0.25) is 5.02 Å². The lowest BCUT2D eigenvalue weighted by Crippen LogP contribution is -2.34. The van der Waals surface area contributed by atoms with Gasteiger partial charge in [0.15, 0.2) is 0 Å². The van der Waals surface area contributed by atoms with E-state index in [9.17, 15) is 14.7 Å². The SMILES string of the molecule is O=C(NCCNC(=O)c1cc(Br)ccc1Cl)c1ccc(O)cc1. The zero-order chi connectivity index (χ0) is 16.8. The van der Waals surface area contributed by atoms with Crippen LogP contribution in [-0.2, 0) is 0 Å². The van der Waals surface area contributed by atoms with Crippen LogP contribution < -0.4 is 10.6 Å². The largest absolute Gasteiger partial charge is 0.508 e. The molecule has 0 aromatic heterocycles. The summed E-state index contributed by atoms with van der Waals surface area (Å²) in [5, 5.41) is 14.9. The zero-order valence-corrected chi connectivity index (χ0v) is 14.3. The molecule has 23 heavy (non-hydrogen) atoms. The number of aromatic hydroxyl groups is 1. The Labute approximate surface area is 146 Å². The summed E-state index contributed by atoms with van der Waals surface area (Å²) in [5.41, 5.74) is 0.801. The molecule has 0 saturated carbocycles. The van der Waals surface area contributed by atoms with Crippen molar-refractivity contribution in [2.75, 3.05) is 13.1 Å². The third-order valence-electron chi connectivity index (χ3n) is 3.00. The average molecular weight is 398 g/mol. The fraction of sp³-hybridized carbons (Fsp3) is 0.125. The average Bonchev–Trinajstić information content (AvgIpc) is 2.54. The molecule has 120 valence electrons. The van der Waals surface area contributed by atoms with Gasteiger partial charge in [0.2, 0.25) is 0 Å². The van der Waals surface area contributed by atoms with Gasteiger partial charge >= 0.3 is 0 Å². The van der Waals surface area contributed by atoms with Gasteiger partial charge in [0.25, 0.3) is 11.8 Å². The molecule has 2 aromatic carbocycles. The van der Waals surface area contributed by atoms with E-state index in [-0.39, 0.29) is 30.7 Å². The molecule has 0 unspecified atom stereocenters. The van der Waals surface area contributed by atoms with Gasteiger partial charge in [-0.3, -0.25) is 9.59 Å². The predicted molar refractivity (Wildman–Crippen MR) is 91.9 cm³/mol. The van der Waals surface area contributed by atoms with Crippen LogP contribution in [0, 0.1) is 0 Å². The molecule has 0 spiro atoms. The summed E-state index contributed by atoms with van der Waals surface area (Å²) in [7, 11) is 0. The highest BCUT2D eigenvalue weighted by atomic mass is 79.9. The first-order chi connectivity index (χ1) is 11.0. The summed E-state index contributed by atoms with van der Waals surface area (Å²) >= 11 is 9.26. The van der Waals surface area contributed by atoms with Gasteiger partial charge in [-0.15, -0.1) is 0 Å². The number of benzene rings is 2. The standard InChI is InChI=1S/C16H14BrClN2O3/c17-11-3-6-14(18)13(9-11)16(23)20-8-7-19-15(22)10-1-4-12(21)5-2-10/h1-6,9,21H,7-8H2,(H,19,22)(H,20,23). The molecule has 0 radical (unpaired) electrons. The first-order valence-corrected chi connectivity index (χ1v) is 7.95. The number of phenolic OH excluding ortho intramolecular Hbond substituents is 1. The van der Waals surface area contributed by atoms with Crippen LogP contribution in [0.15, 0.2) is 46.9 Å². The van der Waals surface area contributed by atoms with Crippen molar-refractivity contribution in [2.45, 2.75) is 0 Å². The second-order valence-electron chi connectivity index (χ2n) is 4.68. The summed E-state index contributed by atoms with van der Waals surface area (Å²) in [5.74, 6) is -0.491. The van der Waals surface area contributed by atoms with Gasteiger partial charge in [0, 0.05) is 23.1 Å². The maximum atomic E-state index is 12.0. The molecular weight excluding hydrogens is 384 g/mol. The van der Waals surface area contributed by atoms with Crippen molar-refractivity contribution in [3.05, 3.63) is 63.1 Å². The number of halogens is 2. The monoisotopic (exact) mass is 396 g/mol. The van der Waals surface area contributed by atoms with Crippen molar-refractivity contribution in [2.24, 2.45) is 0 Å². The van der Waals surface area contributed by atoms with Crippen molar-refractivity contribution >= 4 is 39.3 Å². The van der Waals surface area contributed by atoms with Crippen molar-refractivity contribution in [3.8, 4) is 5.75 Å². The molecule has 0 fully saturated rings. The molecule has 2 rings (SSSR count). The van der Waals surface area contributed by atoms with Gasteiger partial charge in [0.1, 0.15) is 5.75 Å². The number of carbonyl (C=O) groups is 2. The molecule has 0 atom stereocenters. The minimum Gasteiger partial charge on any atom is -0.508 e. The summed E-state index contributed by atoms with van der Waals surface area (Å²) in [4.78, 5) is 23.8. The van der Waals surface area contributed by atoms with Gasteiger partial charge in [0.05, 0.1) is 10.6 Å². The molecule has 0 saturated heterocycles. The van der Waals surface area contributed by atoms with Crippen molar-refractivity contribution in [1.82, 2.24) is 10.6 Å². The molecule has 5 nitrogen and oxygen atoms in total. The summed E-state index contributed by atoms with van der Waals surface area (Å²) in [6.07, 6.45) is 0. The highest BCUT2D eigenvalue weighted by Crippen LogP contribution is 2.20. The molecular formula is C16H14BrClN2O3. The number of hydrogen-bond acceptors (Lipinski definition) is 3. The molecule has 0 aliphatic carbocycles. The van der Waals surface area contributed by atoms with Crippen LogP contribution >= 0.6 is 27.5 Å². The highest BCUT2D eigenvalue weighted by Gasteiger charge is 2.10. The van der Waals surface area contributed by atoms with Crippen LogP contribution in [0.4, 0.5) is 0 Å². The smallest absolute Gasteiger partial charge is 0.252 e. The second-order valence-corrected chi connectivity index (χ2v) is 6.01. The number of phenols is 1. The maximum Gasteiger partial charge on any atom is 0.252 e. The lowest BCUT2D eigenvalue weighted by atomic mass is 10.2. The van der Waals surface area contributed by atoms with Gasteiger partial charge in [-0.05, 0) is 42.5 Å². The Morgan fingerprint density at radius 2 is 1.61 bits per heavy atom. The first-order valence-electron chi connectivity index (χ1n) is 6.78. The maximum absolute atomic E-state index is 12.0. The minimum atomic E-state index is -0.310. The summed E-state index contributed by atoms with van der Waals surface area (Å²) in [6.45, 7) is 0.544. The van der Waals surface area contributed by atoms with E-state index in [0.717, 1.165) is 4.47 Å². The third-order valence-corrected chi connectivity index (χ3v) is 3.82. The van der Waals surface area contributed by atoms with E-state index in [1.165, 1.54) is 24.3 Å². The van der Waals surface area contributed by atoms with Crippen LogP contribution in [0.1, 0.15) is 20.7 Å². The molecule has 2 aromatic rings. The highest BCUT2D eigenvalue weighted by molar-refractivity contribution is 9.10. The van der Waals surface area contributed by atoms with Crippen LogP contribution in [-0.4, -0.2) is 30.0 Å². The quantitative estimate of drug-likeness (QED) is 0.679. The van der Waals surface area contributed by atoms with E-state index < -0.39 is 0 Å². The molecule has 0 aliphatic heterocycles. The Morgan fingerprint density at radius 3 is 2.26 bits per heavy atom. The van der Waals surface area contributed by atoms with Crippen LogP contribution in [0.25, 0.3) is 0 Å². The van der Waals surface area contributed by atoms with E-state index >= 15 is 0 Å². The van der Waals surface area contributed by atoms with Crippen LogP contribution in [0.5, 0.6) is 5.75 Å². The van der Waals surface area contributed by atoms with Gasteiger partial charge in [-0.1, -0.05) is 27.5 Å². The number of amides is 2. The first kappa shape index (κ1) is 17.3. The van der Waals surface area contributed by atoms with E-state index in [4.69, 9.17) is 11.6 Å². The Morgan fingerprint density at radius 1 is 1.00 bits per heavy atom. The topological polar surface area (TPSA) is 78.4 Å². The van der Waals surface area contributed by atoms with Crippen LogP contribution in [0.3, 0.4) is 0 Å². The third kappa shape index (κ3) is 4.97. The number of nitrogens with one attached hydrogen (secondary N) is 2. The molecule has 0 aliphatic rings. The number of hydrogen-bond donors (Lipinski definition) is 3. The van der Waals surface area contributed by atoms with Crippen molar-refractivity contribution < 1.29 is 14.7 Å². The molecule has 0 heterocycles. The fourth-order valence-electron chi connectivity index (χ4n) is 1.83. The lowest BCUT2D eigenvalue weighted by Gasteiger charge is -2.08. The minimum absolute atomic E-state index is 0.0970. The van der Waals surface area contributed by atoms with E-state index in [2.05, 4.69) is 26.6 Å². The van der Waals surface area contributed by atoms with E-state index in [1.54, 1.807) is 18.2 Å². The molecule has 0 bridgehead atoms. The normalized spacial score (nSPS) is 10.2. The van der Waals surface area contributed by atoms with Gasteiger partial charge in [-0.2, -0.15) is 0 Å². The molecule has 3 N–H and O–H groups in total. The Bertz CT molecular complexity index is 720. The Balaban J connectivity index is 1.81. The zero-order valence-electron chi connectivity index (χ0n) is 12.0. The second kappa shape index (κ2) is 7.99. The Hall–Kier alpha value is -2.05. The fourth-order valence-corrected chi connectivity index (χ4v) is 2.40. The Kier molecular flexibility index (Phi) is 6.01. The van der Waals surface area contributed by atoms with Gasteiger partial charge in [-0.25, -0.2) is 0 Å². The molecule has 7 heteroatoms. The predicted octanol–water partition coefficient (Wildman–Crippen LogP) is 2.97. The molecule has 2 amide bonds. The number of carbonyl (C=O) groups excluding carboxylic acids is 2. The number of rotatable bonds is 5. The van der Waals surface area contributed by atoms with E-state index in [0.29, 0.717) is 16.1 Å². The lowest BCUT2D eigenvalue weighted by molar-refractivity contribution is 0.0927.